The van der Waals surface area contributed by atoms with Gasteiger partial charge in [-0.15, -0.1) is 0 Å². The molecule has 1 atom stereocenters. The van der Waals surface area contributed by atoms with Crippen molar-refractivity contribution in [2.24, 2.45) is 5.73 Å². The highest BCUT2D eigenvalue weighted by molar-refractivity contribution is 5.24. The molecule has 5 nitrogen and oxygen atoms in total. The summed E-state index contributed by atoms with van der Waals surface area (Å²) in [6.45, 7) is 2.67. The quantitative estimate of drug-likeness (QED) is 0.884. The predicted octanol–water partition coefficient (Wildman–Crippen LogP) is 2.22. The van der Waals surface area contributed by atoms with Crippen molar-refractivity contribution in [3.8, 4) is 5.88 Å². The lowest BCUT2D eigenvalue weighted by Gasteiger charge is -2.41. The van der Waals surface area contributed by atoms with Crippen LogP contribution in [0.3, 0.4) is 0 Å². The smallest absolute Gasteiger partial charge is 0.237 e. The Labute approximate surface area is 114 Å². The summed E-state index contributed by atoms with van der Waals surface area (Å²) in [6, 6.07) is -0.295. The molecular formula is C14H23N3O2. The molecule has 2 rings (SSSR count). The van der Waals surface area contributed by atoms with Gasteiger partial charge in [-0.2, -0.15) is 0 Å². The minimum Gasteiger partial charge on any atom is -0.480 e. The van der Waals surface area contributed by atoms with Crippen LogP contribution in [-0.2, 0) is 4.74 Å². The lowest BCUT2D eigenvalue weighted by atomic mass is 9.78. The van der Waals surface area contributed by atoms with Crippen LogP contribution in [-0.4, -0.2) is 29.3 Å². The highest BCUT2D eigenvalue weighted by Gasteiger charge is 2.41. The Hall–Kier alpha value is -1.20. The van der Waals surface area contributed by atoms with E-state index < -0.39 is 0 Å². The number of methoxy groups -OCH3 is 1. The Morgan fingerprint density at radius 1 is 1.26 bits per heavy atom. The zero-order valence-corrected chi connectivity index (χ0v) is 11.8. The molecule has 1 saturated carbocycles. The normalized spacial score (nSPS) is 19.9. The number of hydrogen-bond donors (Lipinski definition) is 1. The molecule has 0 saturated heterocycles. The predicted molar refractivity (Wildman–Crippen MR) is 73.0 cm³/mol. The van der Waals surface area contributed by atoms with Gasteiger partial charge in [-0.3, -0.25) is 4.98 Å². The number of ether oxygens (including phenoxy) is 2. The van der Waals surface area contributed by atoms with Gasteiger partial charge >= 0.3 is 0 Å². The molecule has 1 aromatic heterocycles. The lowest BCUT2D eigenvalue weighted by molar-refractivity contribution is -0.0843. The lowest BCUT2D eigenvalue weighted by Crippen LogP contribution is -2.46. The molecular weight excluding hydrogens is 242 g/mol. The van der Waals surface area contributed by atoms with E-state index in [1.54, 1.807) is 19.5 Å². The van der Waals surface area contributed by atoms with Gasteiger partial charge < -0.3 is 15.2 Å². The third kappa shape index (κ3) is 2.87. The molecule has 1 aromatic rings. The zero-order valence-electron chi connectivity index (χ0n) is 11.8. The van der Waals surface area contributed by atoms with E-state index in [-0.39, 0.29) is 11.6 Å². The highest BCUT2D eigenvalue weighted by atomic mass is 16.5. The first-order valence-electron chi connectivity index (χ1n) is 6.98. The van der Waals surface area contributed by atoms with Crippen molar-refractivity contribution in [2.45, 2.75) is 50.7 Å². The van der Waals surface area contributed by atoms with Crippen LogP contribution in [0.5, 0.6) is 5.88 Å². The van der Waals surface area contributed by atoms with Crippen LogP contribution in [0.2, 0.25) is 0 Å². The number of nitrogens with zero attached hydrogens (tertiary/aromatic N) is 2. The van der Waals surface area contributed by atoms with Gasteiger partial charge in [-0.05, 0) is 19.8 Å². The summed E-state index contributed by atoms with van der Waals surface area (Å²) in [7, 11) is 1.59. The monoisotopic (exact) mass is 265 g/mol. The van der Waals surface area contributed by atoms with Crippen molar-refractivity contribution in [3.05, 3.63) is 18.1 Å². The SMILES string of the molecule is CCOC1(C(N)c2nccnc2OC)CCCCC1. The minimum absolute atomic E-state index is 0.295. The standard InChI is InChI=1S/C14H23N3O2/c1-3-19-14(7-5-4-6-8-14)12(15)11-13(18-2)17-10-9-16-11/h9-10,12H,3-8,15H2,1-2H3. The van der Waals surface area contributed by atoms with Crippen LogP contribution in [0.25, 0.3) is 0 Å². The summed E-state index contributed by atoms with van der Waals surface area (Å²) in [5.74, 6) is 0.500. The summed E-state index contributed by atoms with van der Waals surface area (Å²) < 4.78 is 11.3. The third-order valence-corrected chi connectivity index (χ3v) is 3.88. The molecule has 1 aliphatic carbocycles. The first kappa shape index (κ1) is 14.2. The van der Waals surface area contributed by atoms with E-state index in [9.17, 15) is 0 Å². The second kappa shape index (κ2) is 6.30. The molecule has 5 heteroatoms. The maximum absolute atomic E-state index is 6.46. The first-order valence-corrected chi connectivity index (χ1v) is 6.98. The van der Waals surface area contributed by atoms with Gasteiger partial charge in [0.05, 0.1) is 18.8 Å². The summed E-state index contributed by atoms with van der Waals surface area (Å²) >= 11 is 0. The highest BCUT2D eigenvalue weighted by Crippen LogP contribution is 2.41. The van der Waals surface area contributed by atoms with Crippen molar-refractivity contribution >= 4 is 0 Å². The Kier molecular flexibility index (Phi) is 4.71. The first-order chi connectivity index (χ1) is 9.23. The average molecular weight is 265 g/mol. The minimum atomic E-state index is -0.323. The molecule has 1 aliphatic rings. The van der Waals surface area contributed by atoms with Crippen LogP contribution in [0.1, 0.15) is 50.8 Å². The van der Waals surface area contributed by atoms with Crippen LogP contribution in [0.15, 0.2) is 12.4 Å². The van der Waals surface area contributed by atoms with Gasteiger partial charge in [0.2, 0.25) is 5.88 Å². The fraction of sp³-hybridized carbons (Fsp3) is 0.714. The van der Waals surface area contributed by atoms with Crippen molar-refractivity contribution in [2.75, 3.05) is 13.7 Å². The van der Waals surface area contributed by atoms with Gasteiger partial charge in [0.1, 0.15) is 5.69 Å². The van der Waals surface area contributed by atoms with Crippen molar-refractivity contribution in [1.29, 1.82) is 0 Å². The largest absolute Gasteiger partial charge is 0.480 e. The summed E-state index contributed by atoms with van der Waals surface area (Å²) in [5.41, 5.74) is 6.83. The molecule has 1 fully saturated rings. The van der Waals surface area contributed by atoms with E-state index in [1.165, 1.54) is 6.42 Å². The van der Waals surface area contributed by atoms with E-state index in [4.69, 9.17) is 15.2 Å². The van der Waals surface area contributed by atoms with Crippen LogP contribution < -0.4 is 10.5 Å². The summed E-state index contributed by atoms with van der Waals surface area (Å²) in [5, 5.41) is 0. The molecule has 0 aromatic carbocycles. The molecule has 0 spiro atoms. The van der Waals surface area contributed by atoms with E-state index in [0.717, 1.165) is 25.7 Å². The van der Waals surface area contributed by atoms with E-state index >= 15 is 0 Å². The maximum atomic E-state index is 6.46. The second-order valence-electron chi connectivity index (χ2n) is 4.99. The van der Waals surface area contributed by atoms with Crippen LogP contribution in [0, 0.1) is 0 Å². The van der Waals surface area contributed by atoms with Crippen molar-refractivity contribution < 1.29 is 9.47 Å². The fourth-order valence-electron chi connectivity index (χ4n) is 2.94. The molecule has 2 N–H and O–H groups in total. The van der Waals surface area contributed by atoms with Gasteiger partial charge in [-0.25, -0.2) is 4.98 Å². The molecule has 0 amide bonds. The van der Waals surface area contributed by atoms with Gasteiger partial charge in [-0.1, -0.05) is 19.3 Å². The Balaban J connectivity index is 2.30. The summed E-state index contributed by atoms with van der Waals surface area (Å²) in [6.07, 6.45) is 8.76. The van der Waals surface area contributed by atoms with Crippen molar-refractivity contribution in [1.82, 2.24) is 9.97 Å². The number of rotatable bonds is 5. The Morgan fingerprint density at radius 3 is 2.58 bits per heavy atom. The van der Waals surface area contributed by atoms with Gasteiger partial charge in [0.15, 0.2) is 0 Å². The van der Waals surface area contributed by atoms with Crippen molar-refractivity contribution in [3.63, 3.8) is 0 Å². The fourth-order valence-corrected chi connectivity index (χ4v) is 2.94. The zero-order chi connectivity index (χ0) is 13.7. The van der Waals surface area contributed by atoms with E-state index in [2.05, 4.69) is 9.97 Å². The number of hydrogen-bond acceptors (Lipinski definition) is 5. The Bertz CT molecular complexity index is 400. The topological polar surface area (TPSA) is 70.3 Å². The second-order valence-corrected chi connectivity index (χ2v) is 4.99. The molecule has 19 heavy (non-hydrogen) atoms. The third-order valence-electron chi connectivity index (χ3n) is 3.88. The van der Waals surface area contributed by atoms with Crippen LogP contribution in [0.4, 0.5) is 0 Å². The van der Waals surface area contributed by atoms with Gasteiger partial charge in [0.25, 0.3) is 0 Å². The molecule has 1 heterocycles. The number of nitrogens with two attached hydrogens (primary N) is 1. The molecule has 0 radical (unpaired) electrons. The Morgan fingerprint density at radius 2 is 1.95 bits per heavy atom. The average Bonchev–Trinajstić information content (AvgIpc) is 2.47. The van der Waals surface area contributed by atoms with E-state index in [0.29, 0.717) is 18.2 Å². The molecule has 106 valence electrons. The van der Waals surface area contributed by atoms with Crippen LogP contribution >= 0.6 is 0 Å². The molecule has 0 bridgehead atoms. The molecule has 0 aliphatic heterocycles. The van der Waals surface area contributed by atoms with E-state index in [1.807, 2.05) is 6.92 Å². The van der Waals surface area contributed by atoms with Gasteiger partial charge in [0, 0.05) is 19.0 Å². The maximum Gasteiger partial charge on any atom is 0.237 e. The molecule has 1 unspecified atom stereocenters. The number of aromatic nitrogens is 2. The summed E-state index contributed by atoms with van der Waals surface area (Å²) in [4.78, 5) is 8.54.